The quantitative estimate of drug-likeness (QED) is 0.0791. The largest absolute Gasteiger partial charge is 0.493 e. The monoisotopic (exact) mass is 649 g/mol. The maximum absolute atomic E-state index is 6.12. The van der Waals surface area contributed by atoms with Crippen LogP contribution in [0.5, 0.6) is 28.7 Å². The fraction of sp³-hybridized carbons (Fsp3) is 0.333. The van der Waals surface area contributed by atoms with Crippen molar-refractivity contribution in [1.29, 1.82) is 0 Å². The Kier molecular flexibility index (Phi) is 13.9. The van der Waals surface area contributed by atoms with Gasteiger partial charge in [0.05, 0.1) is 56.7 Å². The second-order valence-electron chi connectivity index (χ2n) is 11.1. The summed E-state index contributed by atoms with van der Waals surface area (Å²) in [5.74, 6) is 3.21. The molecule has 7 nitrogen and oxygen atoms in total. The minimum atomic E-state index is 0.560. The van der Waals surface area contributed by atoms with Crippen molar-refractivity contribution in [2.75, 3.05) is 35.0 Å². The molecule has 0 bridgehead atoms. The van der Waals surface area contributed by atoms with E-state index in [2.05, 4.69) is 39.3 Å². The molecule has 0 N–H and O–H groups in total. The van der Waals surface area contributed by atoms with E-state index >= 15 is 0 Å². The van der Waals surface area contributed by atoms with Gasteiger partial charge in [-0.1, -0.05) is 75.8 Å². The molecule has 2 heterocycles. The highest BCUT2D eigenvalue weighted by atomic mass is 28.1. The number of unbranched alkanes of at least 4 members (excludes halogenated alkanes) is 6. The van der Waals surface area contributed by atoms with E-state index in [-0.39, 0.29) is 0 Å². The Morgan fingerprint density at radius 3 is 1.53 bits per heavy atom. The Labute approximate surface area is 283 Å². The zero-order valence-electron chi connectivity index (χ0n) is 28.2. The van der Waals surface area contributed by atoms with E-state index in [1.807, 2.05) is 60.7 Å². The first-order valence-electron chi connectivity index (χ1n) is 16.1. The van der Waals surface area contributed by atoms with Crippen LogP contribution in [0.3, 0.4) is 0 Å². The van der Waals surface area contributed by atoms with E-state index in [1.165, 1.54) is 38.5 Å². The summed E-state index contributed by atoms with van der Waals surface area (Å²) in [6.45, 7) is 2.92. The van der Waals surface area contributed by atoms with E-state index in [1.54, 1.807) is 40.8 Å². The van der Waals surface area contributed by atoms with Gasteiger partial charge in [0.25, 0.3) is 0 Å². The lowest BCUT2D eigenvalue weighted by atomic mass is 10.1. The molecule has 0 atom stereocenters. The first-order valence-corrected chi connectivity index (χ1v) is 16.6. The Morgan fingerprint density at radius 1 is 0.553 bits per heavy atom. The minimum Gasteiger partial charge on any atom is -0.493 e. The van der Waals surface area contributed by atoms with Crippen LogP contribution in [-0.2, 0) is 0 Å². The molecule has 0 aliphatic rings. The molecule has 3 radical (unpaired) electrons. The molecule has 0 saturated carbocycles. The summed E-state index contributed by atoms with van der Waals surface area (Å²) in [6.07, 6.45) is 20.4. The highest BCUT2D eigenvalue weighted by Crippen LogP contribution is 2.38. The van der Waals surface area contributed by atoms with Crippen LogP contribution in [0.15, 0.2) is 60.9 Å². The molecule has 0 spiro atoms. The SMILES string of the molecule is CCCCCCCCCOc1c([Si])cc(/C=C/c2ccnc(-c3cc(/C=C/c4cc(OC)c(OC)c(OC)c4)ccn3)c2)cc1OC. The summed E-state index contributed by atoms with van der Waals surface area (Å²) < 4.78 is 28.2. The van der Waals surface area contributed by atoms with Crippen molar-refractivity contribution in [2.45, 2.75) is 51.9 Å². The second-order valence-corrected chi connectivity index (χ2v) is 11.7. The molecule has 47 heavy (non-hydrogen) atoms. The Bertz CT molecular complexity index is 1630. The first kappa shape index (κ1) is 35.3. The highest BCUT2D eigenvalue weighted by molar-refractivity contribution is 6.34. The van der Waals surface area contributed by atoms with Gasteiger partial charge in [0.2, 0.25) is 5.75 Å². The molecule has 0 fully saturated rings. The first-order chi connectivity index (χ1) is 23.0. The lowest BCUT2D eigenvalue weighted by Gasteiger charge is -2.14. The van der Waals surface area contributed by atoms with Crippen molar-refractivity contribution in [3.63, 3.8) is 0 Å². The molecule has 0 saturated heterocycles. The maximum Gasteiger partial charge on any atom is 0.203 e. The molecule has 8 heteroatoms. The van der Waals surface area contributed by atoms with Crippen LogP contribution in [0.25, 0.3) is 35.7 Å². The number of benzene rings is 2. The van der Waals surface area contributed by atoms with Gasteiger partial charge in [-0.2, -0.15) is 0 Å². The maximum atomic E-state index is 6.12. The van der Waals surface area contributed by atoms with Gasteiger partial charge in [-0.25, -0.2) is 0 Å². The third kappa shape index (κ3) is 10.2. The number of hydrogen-bond acceptors (Lipinski definition) is 7. The van der Waals surface area contributed by atoms with Gasteiger partial charge in [0.15, 0.2) is 23.0 Å². The zero-order valence-corrected chi connectivity index (χ0v) is 29.2. The zero-order chi connectivity index (χ0) is 33.4. The van der Waals surface area contributed by atoms with Crippen LogP contribution >= 0.6 is 0 Å². The van der Waals surface area contributed by atoms with Crippen LogP contribution in [0.4, 0.5) is 0 Å². The van der Waals surface area contributed by atoms with Crippen molar-refractivity contribution < 1.29 is 23.7 Å². The van der Waals surface area contributed by atoms with E-state index < -0.39 is 0 Å². The number of aromatic nitrogens is 2. The molecule has 0 aliphatic heterocycles. The lowest BCUT2D eigenvalue weighted by Crippen LogP contribution is -2.12. The smallest absolute Gasteiger partial charge is 0.203 e. The van der Waals surface area contributed by atoms with Gasteiger partial charge in [-0.3, -0.25) is 9.97 Å². The molecule has 245 valence electrons. The molecular weight excluding hydrogens is 605 g/mol. The van der Waals surface area contributed by atoms with Crippen LogP contribution < -0.4 is 28.9 Å². The molecule has 2 aromatic carbocycles. The van der Waals surface area contributed by atoms with Gasteiger partial charge in [0, 0.05) is 12.4 Å². The Balaban J connectivity index is 1.43. The number of methoxy groups -OCH3 is 4. The predicted octanol–water partition coefficient (Wildman–Crippen LogP) is 8.44. The molecule has 0 aliphatic carbocycles. The van der Waals surface area contributed by atoms with Crippen LogP contribution in [-0.4, -0.2) is 55.3 Å². The summed E-state index contributed by atoms with van der Waals surface area (Å²) in [7, 11) is 10.2. The van der Waals surface area contributed by atoms with Gasteiger partial charge in [-0.05, 0) is 76.3 Å². The second kappa shape index (κ2) is 18.5. The van der Waals surface area contributed by atoms with E-state index in [0.717, 1.165) is 51.0 Å². The molecule has 2 aromatic heterocycles. The van der Waals surface area contributed by atoms with E-state index in [9.17, 15) is 0 Å². The summed E-state index contributed by atoms with van der Waals surface area (Å²) in [5.41, 5.74) is 5.45. The van der Waals surface area contributed by atoms with Gasteiger partial charge < -0.3 is 23.7 Å². The van der Waals surface area contributed by atoms with Crippen LogP contribution in [0.2, 0.25) is 0 Å². The number of pyridine rings is 2. The van der Waals surface area contributed by atoms with Crippen molar-refractivity contribution in [2.24, 2.45) is 0 Å². The van der Waals surface area contributed by atoms with E-state index in [4.69, 9.17) is 23.7 Å². The van der Waals surface area contributed by atoms with Gasteiger partial charge in [0.1, 0.15) is 0 Å². The van der Waals surface area contributed by atoms with Gasteiger partial charge >= 0.3 is 0 Å². The third-order valence-electron chi connectivity index (χ3n) is 7.75. The van der Waals surface area contributed by atoms with Crippen molar-refractivity contribution >= 4 is 39.7 Å². The number of nitrogens with zero attached hydrogens (tertiary/aromatic N) is 2. The van der Waals surface area contributed by atoms with E-state index in [0.29, 0.717) is 29.6 Å². The molecule has 4 rings (SSSR count). The normalized spacial score (nSPS) is 11.3. The lowest BCUT2D eigenvalue weighted by molar-refractivity contribution is 0.287. The van der Waals surface area contributed by atoms with Crippen molar-refractivity contribution in [3.8, 4) is 40.1 Å². The van der Waals surface area contributed by atoms with Crippen molar-refractivity contribution in [1.82, 2.24) is 9.97 Å². The summed E-state index contributed by atoms with van der Waals surface area (Å²) in [6, 6.07) is 15.8. The number of ether oxygens (including phenoxy) is 5. The molecule has 4 aromatic rings. The molecule has 0 amide bonds. The average Bonchev–Trinajstić information content (AvgIpc) is 3.11. The summed E-state index contributed by atoms with van der Waals surface area (Å²) in [4.78, 5) is 9.17. The third-order valence-corrected chi connectivity index (χ3v) is 8.12. The summed E-state index contributed by atoms with van der Waals surface area (Å²) in [5, 5.41) is 0.864. The Hall–Kier alpha value is -4.56. The molecular formula is C39H45N2O5Si. The van der Waals surface area contributed by atoms with Gasteiger partial charge in [-0.15, -0.1) is 0 Å². The topological polar surface area (TPSA) is 71.9 Å². The summed E-state index contributed by atoms with van der Waals surface area (Å²) >= 11 is 0. The standard InChI is InChI=1S/C39H45N2O5Si/c1-6-7-8-9-10-11-12-21-46-39-36(44-4)26-31(27-37(39)47)16-14-29-18-20-41-33(23-29)32-22-28(17-19-40-32)13-15-30-24-34(42-2)38(45-5)35(25-30)43-3/h13-20,22-27H,6-12,21H2,1-5H3/b15-13+,16-14+. The van der Waals surface area contributed by atoms with Crippen LogP contribution in [0, 0.1) is 0 Å². The molecule has 0 unspecified atom stereocenters. The fourth-order valence-electron chi connectivity index (χ4n) is 5.22. The average molecular weight is 650 g/mol. The highest BCUT2D eigenvalue weighted by Gasteiger charge is 2.13. The van der Waals surface area contributed by atoms with Crippen molar-refractivity contribution in [3.05, 3.63) is 83.2 Å². The van der Waals surface area contributed by atoms with Crippen LogP contribution in [0.1, 0.15) is 74.1 Å². The number of rotatable bonds is 18. The Morgan fingerprint density at radius 2 is 1.02 bits per heavy atom. The number of hydrogen-bond donors (Lipinski definition) is 0. The predicted molar refractivity (Wildman–Crippen MR) is 193 cm³/mol. The minimum absolute atomic E-state index is 0.560. The fourth-order valence-corrected chi connectivity index (χ4v) is 5.58.